The molecule has 2 amide bonds. The molecule has 0 unspecified atom stereocenters. The molecule has 3 heterocycles. The van der Waals surface area contributed by atoms with Gasteiger partial charge in [-0.25, -0.2) is 9.48 Å². The molecule has 40 heavy (non-hydrogen) atoms. The fourth-order valence-electron chi connectivity index (χ4n) is 5.38. The van der Waals surface area contributed by atoms with Crippen molar-refractivity contribution < 1.29 is 14.3 Å². The monoisotopic (exact) mass is 533 g/mol. The van der Waals surface area contributed by atoms with E-state index in [2.05, 4.69) is 41.2 Å². The summed E-state index contributed by atoms with van der Waals surface area (Å²) in [6, 6.07) is 28.9. The van der Waals surface area contributed by atoms with Gasteiger partial charge >= 0.3 is 6.03 Å². The van der Waals surface area contributed by atoms with Gasteiger partial charge in [-0.2, -0.15) is 5.10 Å². The van der Waals surface area contributed by atoms with Crippen LogP contribution in [0.5, 0.6) is 11.5 Å². The standard InChI is InChI=1S/C32H31N5O3/c1-4-28-27-21-36(32(38)33-23-10-8-13-26(20-23)40-3)30(22-15-17-25(39-2)18-16-22)29-14-9-19-35(29)31(27)37(34-28)24-11-6-5-7-12-24/h5-20,30H,4,21H2,1-3H3,(H,33,38)/t30-/m0/s1. The Kier molecular flexibility index (Phi) is 6.74. The van der Waals surface area contributed by atoms with Crippen molar-refractivity contribution >= 4 is 11.7 Å². The first kappa shape index (κ1) is 25.3. The molecule has 8 heteroatoms. The lowest BCUT2D eigenvalue weighted by Gasteiger charge is -2.31. The largest absolute Gasteiger partial charge is 0.497 e. The molecule has 5 aromatic rings. The van der Waals surface area contributed by atoms with Gasteiger partial charge < -0.3 is 24.3 Å². The third kappa shape index (κ3) is 4.47. The number of aryl methyl sites for hydroxylation is 1. The van der Waals surface area contributed by atoms with E-state index in [1.165, 1.54) is 0 Å². The number of nitrogens with one attached hydrogen (secondary N) is 1. The molecule has 1 aliphatic rings. The number of methoxy groups -OCH3 is 2. The van der Waals surface area contributed by atoms with Gasteiger partial charge in [0.25, 0.3) is 0 Å². The van der Waals surface area contributed by atoms with E-state index in [-0.39, 0.29) is 12.1 Å². The molecule has 202 valence electrons. The van der Waals surface area contributed by atoms with Crippen molar-refractivity contribution in [1.82, 2.24) is 19.2 Å². The topological polar surface area (TPSA) is 73.6 Å². The van der Waals surface area contributed by atoms with Gasteiger partial charge in [0.1, 0.15) is 17.3 Å². The Balaban J connectivity index is 1.53. The lowest BCUT2D eigenvalue weighted by atomic mass is 10.0. The highest BCUT2D eigenvalue weighted by Crippen LogP contribution is 2.39. The number of urea groups is 1. The Labute approximate surface area is 233 Å². The third-order valence-corrected chi connectivity index (χ3v) is 7.32. The van der Waals surface area contributed by atoms with E-state index in [1.54, 1.807) is 14.2 Å². The smallest absolute Gasteiger partial charge is 0.322 e. The Morgan fingerprint density at radius 3 is 2.42 bits per heavy atom. The molecular formula is C32H31N5O3. The summed E-state index contributed by atoms with van der Waals surface area (Å²) >= 11 is 0. The highest BCUT2D eigenvalue weighted by atomic mass is 16.5. The van der Waals surface area contributed by atoms with Crippen LogP contribution in [0, 0.1) is 0 Å². The van der Waals surface area contributed by atoms with E-state index in [4.69, 9.17) is 14.6 Å². The molecule has 1 N–H and O–H groups in total. The number of hydrogen-bond donors (Lipinski definition) is 1. The van der Waals surface area contributed by atoms with Crippen molar-refractivity contribution in [1.29, 1.82) is 0 Å². The van der Waals surface area contributed by atoms with Gasteiger partial charge in [-0.3, -0.25) is 0 Å². The second-order valence-corrected chi connectivity index (χ2v) is 9.62. The second kappa shape index (κ2) is 10.6. The average molecular weight is 534 g/mol. The van der Waals surface area contributed by atoms with E-state index in [0.717, 1.165) is 46.2 Å². The van der Waals surface area contributed by atoms with Crippen molar-refractivity contribution in [3.63, 3.8) is 0 Å². The summed E-state index contributed by atoms with van der Waals surface area (Å²) < 4.78 is 15.0. The fourth-order valence-corrected chi connectivity index (χ4v) is 5.38. The molecule has 0 radical (unpaired) electrons. The third-order valence-electron chi connectivity index (χ3n) is 7.32. The SMILES string of the molecule is CCc1nn(-c2ccccc2)c2c1CN(C(=O)Nc1cccc(OC)c1)[C@@H](c1ccc(OC)cc1)c1cccn1-2. The number of para-hydroxylation sites is 1. The molecule has 1 atom stereocenters. The van der Waals surface area contributed by atoms with Crippen molar-refractivity contribution in [2.75, 3.05) is 19.5 Å². The van der Waals surface area contributed by atoms with Crippen molar-refractivity contribution in [3.05, 3.63) is 120 Å². The predicted molar refractivity (Wildman–Crippen MR) is 155 cm³/mol. The van der Waals surface area contributed by atoms with Crippen LogP contribution in [0.15, 0.2) is 97.2 Å². The molecule has 0 saturated carbocycles. The zero-order valence-electron chi connectivity index (χ0n) is 22.7. The summed E-state index contributed by atoms with van der Waals surface area (Å²) in [5.74, 6) is 2.38. The summed E-state index contributed by atoms with van der Waals surface area (Å²) in [7, 11) is 3.26. The van der Waals surface area contributed by atoms with Crippen LogP contribution in [0.1, 0.15) is 35.5 Å². The lowest BCUT2D eigenvalue weighted by Crippen LogP contribution is -2.38. The molecule has 8 nitrogen and oxygen atoms in total. The Hall–Kier alpha value is -4.98. The Bertz CT molecular complexity index is 1640. The average Bonchev–Trinajstić information content (AvgIpc) is 3.59. The van der Waals surface area contributed by atoms with Crippen molar-refractivity contribution in [2.45, 2.75) is 25.9 Å². The first-order chi connectivity index (χ1) is 19.6. The van der Waals surface area contributed by atoms with Crippen LogP contribution in [-0.2, 0) is 13.0 Å². The van der Waals surface area contributed by atoms with Crippen LogP contribution in [0.25, 0.3) is 11.5 Å². The fraction of sp³-hybridized carbons (Fsp3) is 0.188. The molecule has 2 aromatic heterocycles. The number of carbonyl (C=O) groups is 1. The number of benzene rings is 3. The number of nitrogens with zero attached hydrogens (tertiary/aromatic N) is 4. The van der Waals surface area contributed by atoms with Crippen LogP contribution in [0.4, 0.5) is 10.5 Å². The first-order valence-corrected chi connectivity index (χ1v) is 13.3. The van der Waals surface area contributed by atoms with Gasteiger partial charge in [0, 0.05) is 23.5 Å². The summed E-state index contributed by atoms with van der Waals surface area (Å²) in [4.78, 5) is 16.0. The number of ether oxygens (including phenoxy) is 2. The van der Waals surface area contributed by atoms with Crippen LogP contribution < -0.4 is 14.8 Å². The highest BCUT2D eigenvalue weighted by Gasteiger charge is 2.36. The van der Waals surface area contributed by atoms with Crippen LogP contribution >= 0.6 is 0 Å². The number of aromatic nitrogens is 3. The van der Waals surface area contributed by atoms with Gasteiger partial charge in [-0.15, -0.1) is 0 Å². The number of rotatable bonds is 6. The van der Waals surface area contributed by atoms with Crippen molar-refractivity contribution in [2.24, 2.45) is 0 Å². The number of fused-ring (bicyclic) bond motifs is 3. The maximum atomic E-state index is 14.2. The number of anilines is 1. The zero-order chi connectivity index (χ0) is 27.6. The Morgan fingerprint density at radius 2 is 1.70 bits per heavy atom. The first-order valence-electron chi connectivity index (χ1n) is 13.3. The molecule has 0 bridgehead atoms. The summed E-state index contributed by atoms with van der Waals surface area (Å²) in [5, 5.41) is 8.14. The normalized spacial score (nSPS) is 14.2. The highest BCUT2D eigenvalue weighted by molar-refractivity contribution is 5.90. The van der Waals surface area contributed by atoms with Gasteiger partial charge in [0.15, 0.2) is 0 Å². The summed E-state index contributed by atoms with van der Waals surface area (Å²) in [5.41, 5.74) is 5.53. The van der Waals surface area contributed by atoms with Gasteiger partial charge in [-0.05, 0) is 60.5 Å². The van der Waals surface area contributed by atoms with Crippen LogP contribution in [0.3, 0.4) is 0 Å². The van der Waals surface area contributed by atoms with E-state index < -0.39 is 0 Å². The van der Waals surface area contributed by atoms with Gasteiger partial charge in [0.2, 0.25) is 0 Å². The van der Waals surface area contributed by atoms with Crippen LogP contribution in [-0.4, -0.2) is 39.5 Å². The quantitative estimate of drug-likeness (QED) is 0.275. The van der Waals surface area contributed by atoms with Gasteiger partial charge in [-0.1, -0.05) is 43.3 Å². The lowest BCUT2D eigenvalue weighted by molar-refractivity contribution is 0.194. The van der Waals surface area contributed by atoms with E-state index in [1.807, 2.05) is 82.4 Å². The molecule has 1 aliphatic heterocycles. The number of carbonyl (C=O) groups excluding carboxylic acids is 1. The van der Waals surface area contributed by atoms with Gasteiger partial charge in [0.05, 0.1) is 43.9 Å². The molecular weight excluding hydrogens is 502 g/mol. The number of hydrogen-bond acceptors (Lipinski definition) is 4. The second-order valence-electron chi connectivity index (χ2n) is 9.62. The molecule has 0 spiro atoms. The van der Waals surface area contributed by atoms with Crippen LogP contribution in [0.2, 0.25) is 0 Å². The molecule has 0 aliphatic carbocycles. The molecule has 6 rings (SSSR count). The van der Waals surface area contributed by atoms with E-state index in [0.29, 0.717) is 18.0 Å². The Morgan fingerprint density at radius 1 is 0.925 bits per heavy atom. The van der Waals surface area contributed by atoms with E-state index in [9.17, 15) is 4.79 Å². The molecule has 3 aromatic carbocycles. The minimum atomic E-state index is -0.368. The zero-order valence-corrected chi connectivity index (χ0v) is 22.7. The molecule has 0 fully saturated rings. The molecule has 0 saturated heterocycles. The summed E-state index contributed by atoms with van der Waals surface area (Å²) in [6.45, 7) is 2.47. The summed E-state index contributed by atoms with van der Waals surface area (Å²) in [6.07, 6.45) is 2.78. The number of amides is 2. The maximum absolute atomic E-state index is 14.2. The predicted octanol–water partition coefficient (Wildman–Crippen LogP) is 6.38. The van der Waals surface area contributed by atoms with E-state index >= 15 is 0 Å². The minimum Gasteiger partial charge on any atom is -0.497 e. The van der Waals surface area contributed by atoms with Crippen molar-refractivity contribution in [3.8, 4) is 23.0 Å². The maximum Gasteiger partial charge on any atom is 0.322 e. The minimum absolute atomic E-state index is 0.218.